The molecule has 0 aliphatic carbocycles. The Morgan fingerprint density at radius 3 is 2.73 bits per heavy atom. The Morgan fingerprint density at radius 1 is 1.23 bits per heavy atom. The van der Waals surface area contributed by atoms with Crippen LogP contribution in [0.25, 0.3) is 10.7 Å². The summed E-state index contributed by atoms with van der Waals surface area (Å²) in [5, 5.41) is 8.20. The average Bonchev–Trinajstić information content (AvgIpc) is 3.09. The highest BCUT2D eigenvalue weighted by Gasteiger charge is 2.14. The lowest BCUT2D eigenvalue weighted by Gasteiger charge is -1.96. The van der Waals surface area contributed by atoms with Crippen molar-refractivity contribution in [3.05, 3.63) is 52.2 Å². The first kappa shape index (κ1) is 14.8. The number of H-pyrrole nitrogens is 1. The molecule has 0 fully saturated rings. The molecular weight excluding hydrogens is 301 g/mol. The van der Waals surface area contributed by atoms with Crippen LogP contribution in [-0.4, -0.2) is 26.7 Å². The largest absolute Gasteiger partial charge is 0.330 e. The van der Waals surface area contributed by atoms with E-state index in [2.05, 4.69) is 20.2 Å². The molecule has 0 radical (unpaired) electrons. The van der Waals surface area contributed by atoms with Gasteiger partial charge in [-0.2, -0.15) is 5.10 Å². The van der Waals surface area contributed by atoms with Gasteiger partial charge in [-0.1, -0.05) is 12.1 Å². The van der Waals surface area contributed by atoms with E-state index in [0.717, 1.165) is 33.4 Å². The molecule has 2 heterocycles. The van der Waals surface area contributed by atoms with Gasteiger partial charge in [0, 0.05) is 12.8 Å². The van der Waals surface area contributed by atoms with Crippen molar-refractivity contribution in [2.45, 2.75) is 19.8 Å². The van der Waals surface area contributed by atoms with Crippen molar-refractivity contribution in [2.75, 3.05) is 6.54 Å². The predicted molar refractivity (Wildman–Crippen MR) is 84.2 cm³/mol. The van der Waals surface area contributed by atoms with Gasteiger partial charge in [0.1, 0.15) is 11.6 Å². The maximum absolute atomic E-state index is 12.9. The molecule has 1 aromatic carbocycles. The molecule has 2 aromatic heterocycles. The van der Waals surface area contributed by atoms with Crippen LogP contribution in [0, 0.1) is 12.7 Å². The van der Waals surface area contributed by atoms with E-state index < -0.39 is 0 Å². The van der Waals surface area contributed by atoms with Gasteiger partial charge in [-0.25, -0.2) is 14.4 Å². The second-order valence-corrected chi connectivity index (χ2v) is 6.05. The number of nitrogens with zero attached hydrogens (tertiary/aromatic N) is 3. The Morgan fingerprint density at radius 2 is 2.00 bits per heavy atom. The van der Waals surface area contributed by atoms with Crippen molar-refractivity contribution in [1.82, 2.24) is 20.2 Å². The summed E-state index contributed by atoms with van der Waals surface area (Å²) in [6, 6.07) is 6.38. The minimum Gasteiger partial charge on any atom is -0.330 e. The van der Waals surface area contributed by atoms with E-state index in [9.17, 15) is 4.39 Å². The van der Waals surface area contributed by atoms with Crippen LogP contribution in [0.1, 0.15) is 22.1 Å². The van der Waals surface area contributed by atoms with Gasteiger partial charge >= 0.3 is 0 Å². The standard InChI is InChI=1S/C15H16FN5S/c1-9-14(22-13(18-9)6-7-17)15-19-12(20-21-15)8-10-2-4-11(16)5-3-10/h2-5H,6-8,17H2,1H3,(H,19,20,21). The smallest absolute Gasteiger partial charge is 0.193 e. The molecule has 114 valence electrons. The maximum Gasteiger partial charge on any atom is 0.193 e. The fourth-order valence-corrected chi connectivity index (χ4v) is 3.18. The third kappa shape index (κ3) is 3.20. The molecule has 0 spiro atoms. The minimum absolute atomic E-state index is 0.241. The maximum atomic E-state index is 12.9. The predicted octanol–water partition coefficient (Wildman–Crippen LogP) is 2.47. The van der Waals surface area contributed by atoms with Gasteiger partial charge in [0.25, 0.3) is 0 Å². The fraction of sp³-hybridized carbons (Fsp3) is 0.267. The molecule has 0 aliphatic rings. The number of hydrogen-bond donors (Lipinski definition) is 2. The van der Waals surface area contributed by atoms with E-state index in [-0.39, 0.29) is 5.82 Å². The Balaban J connectivity index is 1.80. The molecule has 22 heavy (non-hydrogen) atoms. The molecule has 0 unspecified atom stereocenters. The number of benzene rings is 1. The summed E-state index contributed by atoms with van der Waals surface area (Å²) in [6.07, 6.45) is 1.35. The molecule has 0 aliphatic heterocycles. The van der Waals surface area contributed by atoms with Gasteiger partial charge in [-0.05, 0) is 31.2 Å². The third-order valence-electron chi connectivity index (χ3n) is 3.22. The normalized spacial score (nSPS) is 11.0. The van der Waals surface area contributed by atoms with Gasteiger partial charge in [0.05, 0.1) is 15.6 Å². The van der Waals surface area contributed by atoms with Gasteiger partial charge in [0.15, 0.2) is 5.82 Å². The van der Waals surface area contributed by atoms with Gasteiger partial charge in [-0.3, -0.25) is 5.10 Å². The quantitative estimate of drug-likeness (QED) is 0.757. The Labute approximate surface area is 131 Å². The van der Waals surface area contributed by atoms with Crippen molar-refractivity contribution in [3.63, 3.8) is 0 Å². The molecule has 7 heteroatoms. The zero-order valence-corrected chi connectivity index (χ0v) is 13.0. The lowest BCUT2D eigenvalue weighted by Crippen LogP contribution is -2.01. The average molecular weight is 317 g/mol. The Hall–Kier alpha value is -2.12. The van der Waals surface area contributed by atoms with Crippen LogP contribution in [0.2, 0.25) is 0 Å². The lowest BCUT2D eigenvalue weighted by molar-refractivity contribution is 0.627. The van der Waals surface area contributed by atoms with Crippen LogP contribution in [0.15, 0.2) is 24.3 Å². The number of rotatable bonds is 5. The van der Waals surface area contributed by atoms with Crippen molar-refractivity contribution < 1.29 is 4.39 Å². The van der Waals surface area contributed by atoms with Crippen LogP contribution < -0.4 is 5.73 Å². The first-order valence-electron chi connectivity index (χ1n) is 6.98. The second-order valence-electron chi connectivity index (χ2n) is 4.97. The number of thiazole rings is 1. The molecule has 0 atom stereocenters. The summed E-state index contributed by atoms with van der Waals surface area (Å²) >= 11 is 1.57. The Kier molecular flexibility index (Phi) is 4.26. The molecule has 0 saturated carbocycles. The van der Waals surface area contributed by atoms with Crippen molar-refractivity contribution >= 4 is 11.3 Å². The fourth-order valence-electron chi connectivity index (χ4n) is 2.16. The van der Waals surface area contributed by atoms with Gasteiger partial charge < -0.3 is 5.73 Å². The van der Waals surface area contributed by atoms with Gasteiger partial charge in [-0.15, -0.1) is 11.3 Å². The number of aryl methyl sites for hydroxylation is 1. The molecule has 0 amide bonds. The Bertz CT molecular complexity index is 763. The molecule has 3 rings (SSSR count). The molecule has 0 saturated heterocycles. The van der Waals surface area contributed by atoms with Crippen molar-refractivity contribution in [1.29, 1.82) is 0 Å². The summed E-state index contributed by atoms with van der Waals surface area (Å²) in [6.45, 7) is 2.53. The number of nitrogens with one attached hydrogen (secondary N) is 1. The zero-order chi connectivity index (χ0) is 15.5. The van der Waals surface area contributed by atoms with Crippen LogP contribution in [0.4, 0.5) is 4.39 Å². The van der Waals surface area contributed by atoms with Crippen molar-refractivity contribution in [3.8, 4) is 10.7 Å². The van der Waals surface area contributed by atoms with E-state index in [1.54, 1.807) is 23.5 Å². The summed E-state index contributed by atoms with van der Waals surface area (Å²) in [4.78, 5) is 9.96. The molecule has 3 N–H and O–H groups in total. The topological polar surface area (TPSA) is 80.5 Å². The summed E-state index contributed by atoms with van der Waals surface area (Å²) < 4.78 is 12.9. The highest BCUT2D eigenvalue weighted by molar-refractivity contribution is 7.15. The highest BCUT2D eigenvalue weighted by Crippen LogP contribution is 2.27. The first-order chi connectivity index (χ1) is 10.7. The van der Waals surface area contributed by atoms with Crippen LogP contribution >= 0.6 is 11.3 Å². The number of hydrogen-bond acceptors (Lipinski definition) is 5. The highest BCUT2D eigenvalue weighted by atomic mass is 32.1. The van der Waals surface area contributed by atoms with E-state index in [4.69, 9.17) is 5.73 Å². The van der Waals surface area contributed by atoms with Gasteiger partial charge in [0.2, 0.25) is 0 Å². The van der Waals surface area contributed by atoms with E-state index in [1.165, 1.54) is 12.1 Å². The van der Waals surface area contributed by atoms with E-state index in [1.807, 2.05) is 6.92 Å². The summed E-state index contributed by atoms with van der Waals surface area (Å²) in [7, 11) is 0. The number of aromatic nitrogens is 4. The minimum atomic E-state index is -0.241. The number of halogens is 1. The van der Waals surface area contributed by atoms with E-state index in [0.29, 0.717) is 18.8 Å². The second kappa shape index (κ2) is 6.33. The summed E-state index contributed by atoms with van der Waals surface area (Å²) in [5.41, 5.74) is 7.46. The third-order valence-corrected chi connectivity index (χ3v) is 4.43. The molecule has 5 nitrogen and oxygen atoms in total. The van der Waals surface area contributed by atoms with Crippen LogP contribution in [0.5, 0.6) is 0 Å². The monoisotopic (exact) mass is 317 g/mol. The molecular formula is C15H16FN5S. The zero-order valence-electron chi connectivity index (χ0n) is 12.1. The molecule has 3 aromatic rings. The SMILES string of the molecule is Cc1nc(CCN)sc1-c1n[nH]c(Cc2ccc(F)cc2)n1. The van der Waals surface area contributed by atoms with Crippen LogP contribution in [-0.2, 0) is 12.8 Å². The lowest BCUT2D eigenvalue weighted by atomic mass is 10.1. The van der Waals surface area contributed by atoms with Crippen LogP contribution in [0.3, 0.4) is 0 Å². The number of nitrogens with two attached hydrogens (primary N) is 1. The van der Waals surface area contributed by atoms with E-state index >= 15 is 0 Å². The van der Waals surface area contributed by atoms with Crippen molar-refractivity contribution in [2.24, 2.45) is 5.73 Å². The summed E-state index contributed by atoms with van der Waals surface area (Å²) in [5.74, 6) is 1.15. The molecule has 0 bridgehead atoms. The number of aromatic amines is 1. The first-order valence-corrected chi connectivity index (χ1v) is 7.80.